The standard InChI is InChI=1S/C11H14ClN3O2/c1-16-11-8-9(12)2-3-10(11)13-14-15-4-6-17-7-5-15/h2-3,8H,4-7H2,1H3. The number of hydrogen-bond acceptors (Lipinski definition) is 4. The van der Waals surface area contributed by atoms with E-state index in [1.807, 2.05) is 5.01 Å². The third-order valence-corrected chi connectivity index (χ3v) is 2.64. The summed E-state index contributed by atoms with van der Waals surface area (Å²) in [6.45, 7) is 2.91. The van der Waals surface area contributed by atoms with Crippen molar-refractivity contribution >= 4 is 17.3 Å². The Morgan fingerprint density at radius 1 is 1.35 bits per heavy atom. The van der Waals surface area contributed by atoms with Gasteiger partial charge >= 0.3 is 0 Å². The highest BCUT2D eigenvalue weighted by molar-refractivity contribution is 6.30. The van der Waals surface area contributed by atoms with Crippen molar-refractivity contribution < 1.29 is 9.47 Å². The Kier molecular flexibility index (Phi) is 4.17. The van der Waals surface area contributed by atoms with Crippen LogP contribution < -0.4 is 4.74 Å². The minimum atomic E-state index is 0.618. The maximum atomic E-state index is 5.87. The number of nitrogens with zero attached hydrogens (tertiary/aromatic N) is 3. The fraction of sp³-hybridized carbons (Fsp3) is 0.455. The van der Waals surface area contributed by atoms with Gasteiger partial charge in [-0.1, -0.05) is 16.8 Å². The Balaban J connectivity index is 2.08. The van der Waals surface area contributed by atoms with E-state index in [4.69, 9.17) is 21.1 Å². The molecule has 0 saturated carbocycles. The molecule has 0 unspecified atom stereocenters. The van der Waals surface area contributed by atoms with Gasteiger partial charge in [0.2, 0.25) is 0 Å². The van der Waals surface area contributed by atoms with Crippen LogP contribution in [0.2, 0.25) is 5.02 Å². The highest BCUT2D eigenvalue weighted by atomic mass is 35.5. The second-order valence-electron chi connectivity index (χ2n) is 3.57. The minimum Gasteiger partial charge on any atom is -0.494 e. The van der Waals surface area contributed by atoms with Gasteiger partial charge in [-0.25, -0.2) is 0 Å². The zero-order valence-corrected chi connectivity index (χ0v) is 10.4. The van der Waals surface area contributed by atoms with Gasteiger partial charge in [0.25, 0.3) is 0 Å². The zero-order chi connectivity index (χ0) is 12.1. The second-order valence-corrected chi connectivity index (χ2v) is 4.01. The van der Waals surface area contributed by atoms with Gasteiger partial charge in [0.05, 0.1) is 33.4 Å². The van der Waals surface area contributed by atoms with Crippen LogP contribution in [0.25, 0.3) is 0 Å². The average molecular weight is 256 g/mol. The zero-order valence-electron chi connectivity index (χ0n) is 9.60. The molecule has 0 spiro atoms. The number of morpholine rings is 1. The van der Waals surface area contributed by atoms with E-state index in [1.165, 1.54) is 0 Å². The SMILES string of the molecule is COc1cc(Cl)ccc1N=NN1CCOCC1. The van der Waals surface area contributed by atoms with Crippen molar-refractivity contribution in [3.8, 4) is 5.75 Å². The van der Waals surface area contributed by atoms with E-state index >= 15 is 0 Å². The summed E-state index contributed by atoms with van der Waals surface area (Å²) in [5.41, 5.74) is 0.670. The molecule has 1 aliphatic heterocycles. The average Bonchev–Trinajstić information content (AvgIpc) is 2.38. The monoisotopic (exact) mass is 255 g/mol. The molecule has 92 valence electrons. The summed E-state index contributed by atoms with van der Waals surface area (Å²) in [4.78, 5) is 0. The molecule has 0 aromatic heterocycles. The third-order valence-electron chi connectivity index (χ3n) is 2.41. The maximum Gasteiger partial charge on any atom is 0.147 e. The van der Waals surface area contributed by atoms with Crippen molar-refractivity contribution in [2.45, 2.75) is 0 Å². The molecule has 1 saturated heterocycles. The number of hydrogen-bond donors (Lipinski definition) is 0. The molecule has 0 amide bonds. The Morgan fingerprint density at radius 2 is 2.12 bits per heavy atom. The van der Waals surface area contributed by atoms with Gasteiger partial charge in [0, 0.05) is 11.1 Å². The topological polar surface area (TPSA) is 46.4 Å². The lowest BCUT2D eigenvalue weighted by molar-refractivity contribution is 0.0353. The summed E-state index contributed by atoms with van der Waals surface area (Å²) < 4.78 is 10.4. The second kappa shape index (κ2) is 5.84. The van der Waals surface area contributed by atoms with E-state index in [2.05, 4.69) is 10.3 Å². The van der Waals surface area contributed by atoms with Crippen molar-refractivity contribution in [1.82, 2.24) is 5.01 Å². The first-order valence-electron chi connectivity index (χ1n) is 5.37. The van der Waals surface area contributed by atoms with Gasteiger partial charge in [0.15, 0.2) is 0 Å². The Labute approximate surface area is 105 Å². The normalized spacial score (nSPS) is 16.5. The third kappa shape index (κ3) is 3.31. The molecule has 1 fully saturated rings. The van der Waals surface area contributed by atoms with Crippen molar-refractivity contribution in [2.24, 2.45) is 10.3 Å². The lowest BCUT2D eigenvalue weighted by atomic mass is 10.3. The number of halogens is 1. The van der Waals surface area contributed by atoms with Crippen LogP contribution in [0, 0.1) is 0 Å². The van der Waals surface area contributed by atoms with Crippen LogP contribution in [-0.2, 0) is 4.74 Å². The number of rotatable bonds is 3. The van der Waals surface area contributed by atoms with Gasteiger partial charge in [0.1, 0.15) is 11.4 Å². The fourth-order valence-corrected chi connectivity index (χ4v) is 1.65. The van der Waals surface area contributed by atoms with E-state index in [0.717, 1.165) is 13.1 Å². The highest BCUT2D eigenvalue weighted by Crippen LogP contribution is 2.30. The van der Waals surface area contributed by atoms with Crippen molar-refractivity contribution in [2.75, 3.05) is 33.4 Å². The molecule has 5 nitrogen and oxygen atoms in total. The molecule has 0 aliphatic carbocycles. The van der Waals surface area contributed by atoms with Crippen molar-refractivity contribution in [3.63, 3.8) is 0 Å². The summed E-state index contributed by atoms with van der Waals surface area (Å²) in [5, 5.41) is 10.8. The van der Waals surface area contributed by atoms with E-state index in [1.54, 1.807) is 25.3 Å². The molecule has 17 heavy (non-hydrogen) atoms. The van der Waals surface area contributed by atoms with Crippen LogP contribution in [0.3, 0.4) is 0 Å². The van der Waals surface area contributed by atoms with Gasteiger partial charge in [-0.15, -0.1) is 5.11 Å². The largest absolute Gasteiger partial charge is 0.494 e. The molecular weight excluding hydrogens is 242 g/mol. The molecule has 1 aromatic rings. The van der Waals surface area contributed by atoms with Gasteiger partial charge < -0.3 is 9.47 Å². The summed E-state index contributed by atoms with van der Waals surface area (Å²) in [6, 6.07) is 5.26. The fourth-order valence-electron chi connectivity index (χ4n) is 1.49. The quantitative estimate of drug-likeness (QED) is 0.780. The first kappa shape index (κ1) is 12.1. The van der Waals surface area contributed by atoms with Gasteiger partial charge in [-0.05, 0) is 12.1 Å². The lowest BCUT2D eigenvalue weighted by Crippen LogP contribution is -2.31. The van der Waals surface area contributed by atoms with E-state index in [-0.39, 0.29) is 0 Å². The number of ether oxygens (including phenoxy) is 2. The smallest absolute Gasteiger partial charge is 0.147 e. The Hall–Kier alpha value is -1.33. The van der Waals surface area contributed by atoms with Crippen LogP contribution in [0.1, 0.15) is 0 Å². The summed E-state index contributed by atoms with van der Waals surface area (Å²) in [7, 11) is 1.58. The first-order chi connectivity index (χ1) is 8.29. The number of benzene rings is 1. The van der Waals surface area contributed by atoms with E-state index in [9.17, 15) is 0 Å². The molecule has 0 bridgehead atoms. The summed E-state index contributed by atoms with van der Waals surface area (Å²) in [5.74, 6) is 0.620. The Morgan fingerprint density at radius 3 is 2.82 bits per heavy atom. The van der Waals surface area contributed by atoms with Crippen LogP contribution in [0.5, 0.6) is 5.75 Å². The molecule has 0 atom stereocenters. The highest BCUT2D eigenvalue weighted by Gasteiger charge is 2.08. The number of methoxy groups -OCH3 is 1. The van der Waals surface area contributed by atoms with E-state index < -0.39 is 0 Å². The molecule has 0 N–H and O–H groups in total. The van der Waals surface area contributed by atoms with Crippen LogP contribution in [0.4, 0.5) is 5.69 Å². The summed E-state index contributed by atoms with van der Waals surface area (Å²) in [6.07, 6.45) is 0. The van der Waals surface area contributed by atoms with Crippen LogP contribution in [-0.4, -0.2) is 38.4 Å². The Bertz CT molecular complexity index is 406. The molecule has 2 rings (SSSR count). The predicted octanol–water partition coefficient (Wildman–Crippen LogP) is 2.68. The predicted molar refractivity (Wildman–Crippen MR) is 64.9 cm³/mol. The first-order valence-corrected chi connectivity index (χ1v) is 5.75. The molecule has 6 heteroatoms. The molecular formula is C11H14ClN3O2. The maximum absolute atomic E-state index is 5.87. The van der Waals surface area contributed by atoms with Gasteiger partial charge in [-0.3, -0.25) is 5.01 Å². The summed E-state index contributed by atoms with van der Waals surface area (Å²) >= 11 is 5.87. The molecule has 1 aromatic carbocycles. The van der Waals surface area contributed by atoms with E-state index in [0.29, 0.717) is 29.7 Å². The van der Waals surface area contributed by atoms with Gasteiger partial charge in [-0.2, -0.15) is 0 Å². The molecule has 1 aliphatic rings. The van der Waals surface area contributed by atoms with Crippen molar-refractivity contribution in [1.29, 1.82) is 0 Å². The van der Waals surface area contributed by atoms with Crippen molar-refractivity contribution in [3.05, 3.63) is 23.2 Å². The van der Waals surface area contributed by atoms with Crippen LogP contribution >= 0.6 is 11.6 Å². The lowest BCUT2D eigenvalue weighted by Gasteiger charge is -2.22. The van der Waals surface area contributed by atoms with Crippen LogP contribution in [0.15, 0.2) is 28.5 Å². The molecule has 1 heterocycles. The minimum absolute atomic E-state index is 0.618. The molecule has 0 radical (unpaired) electrons.